The Bertz CT molecular complexity index is 1520. The van der Waals surface area contributed by atoms with E-state index in [9.17, 15) is 29.4 Å². The number of esters is 3. The number of unbranched alkanes of at least 4 members (excludes halogenated alkanes) is 1. The first-order valence-corrected chi connectivity index (χ1v) is 15.8. The predicted octanol–water partition coefficient (Wildman–Crippen LogP) is 3.90. The van der Waals surface area contributed by atoms with Gasteiger partial charge in [-0.1, -0.05) is 13.8 Å². The number of hydrogen-bond donors (Lipinski definition) is 2. The van der Waals surface area contributed by atoms with E-state index in [0.717, 1.165) is 0 Å². The Morgan fingerprint density at radius 2 is 1.85 bits per heavy atom. The van der Waals surface area contributed by atoms with Crippen LogP contribution in [0.1, 0.15) is 84.8 Å². The predicted molar refractivity (Wildman–Crippen MR) is 162 cm³/mol. The van der Waals surface area contributed by atoms with Gasteiger partial charge in [0.1, 0.15) is 41.5 Å². The van der Waals surface area contributed by atoms with Gasteiger partial charge in [-0.2, -0.15) is 0 Å². The molecular formula is C34H43NO11. The number of carbonyl (C=O) groups is 3. The number of carbonyl (C=O) groups excluding carboxylic acids is 3. The normalized spacial score (nSPS) is 33.0. The third-order valence-electron chi connectivity index (χ3n) is 10.5. The van der Waals surface area contributed by atoms with Crippen molar-refractivity contribution in [1.29, 1.82) is 0 Å². The van der Waals surface area contributed by atoms with Crippen LogP contribution in [-0.4, -0.2) is 64.1 Å². The second-order valence-electron chi connectivity index (χ2n) is 13.5. The highest BCUT2D eigenvalue weighted by Crippen LogP contribution is 2.67. The van der Waals surface area contributed by atoms with Crippen molar-refractivity contribution in [2.45, 2.75) is 97.1 Å². The summed E-state index contributed by atoms with van der Waals surface area (Å²) >= 11 is 0. The minimum Gasteiger partial charge on any atom is -0.482 e. The first kappa shape index (κ1) is 33.6. The van der Waals surface area contributed by atoms with E-state index in [0.29, 0.717) is 31.2 Å². The molecule has 1 aliphatic heterocycles. The van der Waals surface area contributed by atoms with Crippen molar-refractivity contribution < 1.29 is 48.0 Å². The van der Waals surface area contributed by atoms with E-state index >= 15 is 0 Å². The zero-order valence-electron chi connectivity index (χ0n) is 26.9. The van der Waals surface area contributed by atoms with Crippen molar-refractivity contribution in [3.05, 3.63) is 46.6 Å². The van der Waals surface area contributed by atoms with Gasteiger partial charge in [0.05, 0.1) is 6.10 Å². The number of nitrogens with zero attached hydrogens (tertiary/aromatic N) is 1. The molecule has 0 spiro atoms. The first-order valence-electron chi connectivity index (χ1n) is 15.8. The van der Waals surface area contributed by atoms with Crippen LogP contribution in [0.2, 0.25) is 0 Å². The second-order valence-corrected chi connectivity index (χ2v) is 13.5. The minimum absolute atomic E-state index is 0.0335. The van der Waals surface area contributed by atoms with E-state index in [2.05, 4.69) is 4.98 Å². The number of aromatic nitrogens is 1. The smallest absolute Gasteiger partial charge is 0.345 e. The molecule has 0 bridgehead atoms. The number of aliphatic hydroxyl groups is 2. The summed E-state index contributed by atoms with van der Waals surface area (Å²) in [7, 11) is 0. The molecule has 46 heavy (non-hydrogen) atoms. The van der Waals surface area contributed by atoms with Gasteiger partial charge in [-0.25, -0.2) is 4.79 Å². The number of aliphatic hydroxyl groups excluding tert-OH is 2. The minimum atomic E-state index is -1.38. The lowest BCUT2D eigenvalue weighted by Crippen LogP contribution is -2.71. The average Bonchev–Trinajstić information content (AvgIpc) is 2.99. The number of rotatable bonds is 9. The summed E-state index contributed by atoms with van der Waals surface area (Å²) < 4.78 is 29.9. The zero-order valence-corrected chi connectivity index (χ0v) is 26.9. The molecule has 5 rings (SSSR count). The highest BCUT2D eigenvalue weighted by molar-refractivity contribution is 5.70. The van der Waals surface area contributed by atoms with Crippen LogP contribution in [0, 0.1) is 22.7 Å². The lowest BCUT2D eigenvalue weighted by molar-refractivity contribution is -0.271. The first-order chi connectivity index (χ1) is 21.7. The maximum absolute atomic E-state index is 13.5. The Balaban J connectivity index is 1.64. The van der Waals surface area contributed by atoms with Crippen molar-refractivity contribution in [1.82, 2.24) is 4.98 Å². The quantitative estimate of drug-likeness (QED) is 0.230. The SMILES string of the molecule is CC(=O)OCC1(C)C2C[C@H](OC(=O)CCCCO)[C@@]3(C)Oc4cc(-c5cccnc5)oc(=O)c4[C@H](O)C3[C@@]2(C)CC[C@@H]1OC(C)=O. The van der Waals surface area contributed by atoms with Crippen LogP contribution >= 0.6 is 0 Å². The van der Waals surface area contributed by atoms with Gasteiger partial charge in [0.15, 0.2) is 0 Å². The molecule has 2 fully saturated rings. The highest BCUT2D eigenvalue weighted by atomic mass is 16.6. The Labute approximate surface area is 267 Å². The Kier molecular flexibility index (Phi) is 9.34. The number of ether oxygens (including phenoxy) is 4. The summed E-state index contributed by atoms with van der Waals surface area (Å²) in [5, 5.41) is 21.4. The molecule has 250 valence electrons. The maximum atomic E-state index is 13.5. The largest absolute Gasteiger partial charge is 0.482 e. The van der Waals surface area contributed by atoms with Crippen molar-refractivity contribution >= 4 is 17.9 Å². The number of hydrogen-bond acceptors (Lipinski definition) is 12. The molecule has 8 atom stereocenters. The Morgan fingerprint density at radius 3 is 2.50 bits per heavy atom. The van der Waals surface area contributed by atoms with Gasteiger partial charge in [-0.15, -0.1) is 0 Å². The molecule has 12 nitrogen and oxygen atoms in total. The van der Waals surface area contributed by atoms with Crippen LogP contribution < -0.4 is 10.4 Å². The molecular weight excluding hydrogens is 598 g/mol. The van der Waals surface area contributed by atoms with Gasteiger partial charge in [0, 0.05) is 62.2 Å². The highest BCUT2D eigenvalue weighted by Gasteiger charge is 2.70. The standard InChI is InChI=1S/C34H43NO11/c1-19(37)42-18-33(4)24-16-26(45-27(39)10-6-7-14-36)34(5)30(32(24,3)12-11-25(33)43-20(2)38)29(40)28-23(46-34)15-22(44-31(28)41)21-9-8-13-35-17-21/h8-9,13,15,17,24-26,29-30,36,40H,6-7,10-12,14,16,18H2,1-5H3/t24?,25-,26-,29-,30?,32-,33?,34+/m0/s1. The zero-order chi connectivity index (χ0) is 33.4. The molecule has 0 radical (unpaired) electrons. The van der Waals surface area contributed by atoms with Crippen LogP contribution in [0.5, 0.6) is 5.75 Å². The van der Waals surface area contributed by atoms with Crippen LogP contribution in [-0.2, 0) is 28.6 Å². The van der Waals surface area contributed by atoms with E-state index in [-0.39, 0.29) is 43.1 Å². The van der Waals surface area contributed by atoms with Gasteiger partial charge in [0.25, 0.3) is 0 Å². The van der Waals surface area contributed by atoms with E-state index in [1.54, 1.807) is 37.5 Å². The lowest BCUT2D eigenvalue weighted by atomic mass is 9.42. The monoisotopic (exact) mass is 641 g/mol. The topological polar surface area (TPSA) is 172 Å². The van der Waals surface area contributed by atoms with Crippen LogP contribution in [0.25, 0.3) is 11.3 Å². The summed E-state index contributed by atoms with van der Waals surface area (Å²) in [5.74, 6) is -2.36. The second kappa shape index (κ2) is 12.8. The molecule has 0 amide bonds. The van der Waals surface area contributed by atoms with Crippen molar-refractivity contribution in [3.8, 4) is 17.1 Å². The molecule has 3 heterocycles. The molecule has 3 aliphatic rings. The molecule has 2 saturated carbocycles. The van der Waals surface area contributed by atoms with Crippen molar-refractivity contribution in [2.75, 3.05) is 13.2 Å². The third-order valence-corrected chi connectivity index (χ3v) is 10.5. The van der Waals surface area contributed by atoms with Crippen LogP contribution in [0.15, 0.2) is 39.8 Å². The number of fused-ring (bicyclic) bond motifs is 4. The van der Waals surface area contributed by atoms with Crippen molar-refractivity contribution in [3.63, 3.8) is 0 Å². The van der Waals surface area contributed by atoms with Crippen LogP contribution in [0.3, 0.4) is 0 Å². The fraction of sp³-hybridized carbons (Fsp3) is 0.618. The van der Waals surface area contributed by atoms with Gasteiger partial charge in [0.2, 0.25) is 0 Å². The summed E-state index contributed by atoms with van der Waals surface area (Å²) in [5.41, 5.74) is -3.27. The van der Waals surface area contributed by atoms with E-state index in [1.165, 1.54) is 13.8 Å². The summed E-state index contributed by atoms with van der Waals surface area (Å²) in [6, 6.07) is 4.99. The van der Waals surface area contributed by atoms with Gasteiger partial charge in [-0.05, 0) is 62.5 Å². The average molecular weight is 642 g/mol. The van der Waals surface area contributed by atoms with Crippen molar-refractivity contribution in [2.24, 2.45) is 22.7 Å². The van der Waals surface area contributed by atoms with Crippen LogP contribution in [0.4, 0.5) is 0 Å². The fourth-order valence-electron chi connectivity index (χ4n) is 8.44. The molecule has 12 heteroatoms. The van der Waals surface area contributed by atoms with Gasteiger partial charge in [-0.3, -0.25) is 19.4 Å². The van der Waals surface area contributed by atoms with E-state index in [4.69, 9.17) is 23.4 Å². The molecule has 2 aromatic heterocycles. The summed E-state index contributed by atoms with van der Waals surface area (Å²) in [6.45, 7) is 8.16. The molecule has 0 aromatic carbocycles. The number of pyridine rings is 1. The molecule has 0 saturated heterocycles. The fourth-order valence-corrected chi connectivity index (χ4v) is 8.44. The molecule has 3 unspecified atom stereocenters. The molecule has 2 aliphatic carbocycles. The van der Waals surface area contributed by atoms with E-state index in [1.807, 2.05) is 13.8 Å². The molecule has 2 aromatic rings. The maximum Gasteiger partial charge on any atom is 0.345 e. The summed E-state index contributed by atoms with van der Waals surface area (Å²) in [4.78, 5) is 55.1. The van der Waals surface area contributed by atoms with Gasteiger partial charge >= 0.3 is 23.5 Å². The Hall–Kier alpha value is -3.77. The van der Waals surface area contributed by atoms with E-state index < -0.39 is 70.1 Å². The Morgan fingerprint density at radius 1 is 1.09 bits per heavy atom. The summed E-state index contributed by atoms with van der Waals surface area (Å²) in [6.07, 6.45) is 2.24. The van der Waals surface area contributed by atoms with Gasteiger partial charge < -0.3 is 33.6 Å². The molecule has 2 N–H and O–H groups in total. The third kappa shape index (κ3) is 5.92. The lowest BCUT2D eigenvalue weighted by Gasteiger charge is -2.66.